The number of hydrogen-bond donors (Lipinski definition) is 5. The molecule has 1 rings (SSSR count). The molecule has 0 aliphatic carbocycles. The molecule has 1 aromatic rings. The first-order valence-electron chi connectivity index (χ1n) is 8.20. The van der Waals surface area contributed by atoms with Gasteiger partial charge in [0.1, 0.15) is 0 Å². The van der Waals surface area contributed by atoms with Crippen molar-refractivity contribution in [3.8, 4) is 0 Å². The second kappa shape index (κ2) is 11.2. The van der Waals surface area contributed by atoms with Gasteiger partial charge in [-0.1, -0.05) is 53.8 Å². The second-order valence-electron chi connectivity index (χ2n) is 5.58. The van der Waals surface area contributed by atoms with Crippen LogP contribution in [0.1, 0.15) is 44.6 Å². The summed E-state index contributed by atoms with van der Waals surface area (Å²) in [6.07, 6.45) is 5.72. The van der Waals surface area contributed by atoms with Crippen LogP contribution in [0.2, 0.25) is 0 Å². The maximum atomic E-state index is 11.8. The molecule has 0 bridgehead atoms. The summed E-state index contributed by atoms with van der Waals surface area (Å²) in [7, 11) is -3.11. The Kier molecular flexibility index (Phi) is 9.66. The van der Waals surface area contributed by atoms with E-state index in [1.165, 1.54) is 11.1 Å². The highest BCUT2D eigenvalue weighted by atomic mass is 32.3. The van der Waals surface area contributed by atoms with Crippen LogP contribution in [-0.4, -0.2) is 28.1 Å². The predicted octanol–water partition coefficient (Wildman–Crippen LogP) is 3.29. The fraction of sp³-hybridized carbons (Fsp3) is 0.471. The van der Waals surface area contributed by atoms with Gasteiger partial charge in [-0.15, -0.1) is 0 Å². The van der Waals surface area contributed by atoms with Gasteiger partial charge >= 0.3 is 0 Å². The van der Waals surface area contributed by atoms with Gasteiger partial charge in [-0.25, -0.2) is 9.86 Å². The summed E-state index contributed by atoms with van der Waals surface area (Å²) in [6.45, 7) is 3.07. The van der Waals surface area contributed by atoms with E-state index in [0.717, 1.165) is 25.7 Å². The minimum atomic E-state index is -3.11. The molecular formula is C17H29N3O3S. The van der Waals surface area contributed by atoms with Gasteiger partial charge in [-0.3, -0.25) is 13.9 Å². The highest BCUT2D eigenvalue weighted by Crippen LogP contribution is 2.20. The number of hydrogen-bond acceptors (Lipinski definition) is 5. The van der Waals surface area contributed by atoms with Crippen molar-refractivity contribution >= 4 is 22.4 Å². The van der Waals surface area contributed by atoms with Crippen molar-refractivity contribution in [2.75, 3.05) is 13.1 Å². The molecule has 7 heteroatoms. The molecule has 0 aromatic heterocycles. The summed E-state index contributed by atoms with van der Waals surface area (Å²) < 4.78 is 20.3. The molecule has 0 heterocycles. The summed E-state index contributed by atoms with van der Waals surface area (Å²) in [6, 6.07) is 10.2. The molecule has 24 heavy (non-hydrogen) atoms. The molecule has 136 valence electrons. The van der Waals surface area contributed by atoms with E-state index < -0.39 is 11.0 Å². The fourth-order valence-corrected chi connectivity index (χ4v) is 2.79. The molecule has 6 N–H and O–H groups in total. The van der Waals surface area contributed by atoms with E-state index in [4.69, 9.17) is 14.2 Å². The van der Waals surface area contributed by atoms with Crippen molar-refractivity contribution in [1.29, 1.82) is 0 Å². The molecule has 0 spiro atoms. The number of unbranched alkanes of at least 4 members (excludes halogenated alkanes) is 2. The van der Waals surface area contributed by atoms with Gasteiger partial charge in [0, 0.05) is 19.5 Å². The number of amides is 1. The third-order valence-corrected chi connectivity index (χ3v) is 4.23. The molecule has 6 nitrogen and oxygen atoms in total. The van der Waals surface area contributed by atoms with Gasteiger partial charge in [-0.2, -0.15) is 0 Å². The van der Waals surface area contributed by atoms with Crippen LogP contribution < -0.4 is 15.2 Å². The van der Waals surface area contributed by atoms with E-state index in [1.54, 1.807) is 0 Å². The van der Waals surface area contributed by atoms with Crippen molar-refractivity contribution in [1.82, 2.24) is 10.0 Å². The molecule has 1 aromatic carbocycles. The lowest BCUT2D eigenvalue weighted by molar-refractivity contribution is -0.121. The van der Waals surface area contributed by atoms with Crippen LogP contribution in [-0.2, 0) is 4.79 Å². The van der Waals surface area contributed by atoms with Crippen molar-refractivity contribution in [3.63, 3.8) is 0 Å². The Labute approximate surface area is 146 Å². The average Bonchev–Trinajstić information content (AvgIpc) is 2.54. The van der Waals surface area contributed by atoms with Gasteiger partial charge in [0.15, 0.2) is 0 Å². The summed E-state index contributed by atoms with van der Waals surface area (Å²) in [5.41, 5.74) is 2.41. The summed E-state index contributed by atoms with van der Waals surface area (Å²) in [4.78, 5) is 11.8. The highest BCUT2D eigenvalue weighted by molar-refractivity contribution is 8.20. The van der Waals surface area contributed by atoms with E-state index >= 15 is 0 Å². The zero-order valence-electron chi connectivity index (χ0n) is 14.2. The van der Waals surface area contributed by atoms with E-state index in [1.807, 2.05) is 25.1 Å². The zero-order chi connectivity index (χ0) is 17.8. The molecule has 0 saturated carbocycles. The van der Waals surface area contributed by atoms with Crippen LogP contribution in [0.5, 0.6) is 0 Å². The van der Waals surface area contributed by atoms with Gasteiger partial charge in [0.05, 0.1) is 0 Å². The van der Waals surface area contributed by atoms with Crippen LogP contribution >= 0.6 is 11.0 Å². The van der Waals surface area contributed by atoms with Crippen LogP contribution in [0.15, 0.2) is 36.4 Å². The number of carbonyl (C=O) groups excluding carboxylic acids is 1. The average molecular weight is 356 g/mol. The molecule has 1 amide bonds. The first-order valence-corrected chi connectivity index (χ1v) is 9.81. The molecule has 0 atom stereocenters. The van der Waals surface area contributed by atoms with Gasteiger partial charge in [-0.05, 0) is 37.3 Å². The van der Waals surface area contributed by atoms with Crippen molar-refractivity contribution in [2.45, 2.75) is 39.0 Å². The van der Waals surface area contributed by atoms with Crippen LogP contribution in [0.3, 0.4) is 0 Å². The van der Waals surface area contributed by atoms with Crippen LogP contribution in [0.4, 0.5) is 0 Å². The Morgan fingerprint density at radius 2 is 1.83 bits per heavy atom. The molecule has 0 aliphatic heterocycles. The largest absolute Gasteiger partial charge is 0.356 e. The highest BCUT2D eigenvalue weighted by Gasteiger charge is 2.04. The third-order valence-electron chi connectivity index (χ3n) is 3.60. The van der Waals surface area contributed by atoms with Gasteiger partial charge in [0.25, 0.3) is 0 Å². The number of nitrogens with one attached hydrogen (secondary N) is 2. The lowest BCUT2D eigenvalue weighted by atomic mass is 10.0. The van der Waals surface area contributed by atoms with Gasteiger partial charge < -0.3 is 5.32 Å². The third kappa shape index (κ3) is 9.69. The molecule has 0 unspecified atom stereocenters. The fourth-order valence-electron chi connectivity index (χ4n) is 2.34. The van der Waals surface area contributed by atoms with Crippen molar-refractivity contribution < 1.29 is 13.9 Å². The smallest absolute Gasteiger partial charge is 0.220 e. The van der Waals surface area contributed by atoms with Crippen molar-refractivity contribution in [3.05, 3.63) is 42.0 Å². The lowest BCUT2D eigenvalue weighted by Gasteiger charge is -2.26. The number of allylic oxidation sites excluding steroid dienone is 1. The monoisotopic (exact) mass is 355 g/mol. The standard InChI is InChI=1S/C17H29N3O3S/c1-2-15(16-9-5-3-6-10-16)12-14-19-17(21)11-7-4-8-13-20-24(18,22)23/h2-3,5-6,9-10,20,22-23H,4,7-8,11-14,18H2,1H3,(H,19,21)/b15-2-. The number of rotatable bonds is 11. The maximum absolute atomic E-state index is 11.8. The molecule has 0 saturated heterocycles. The minimum absolute atomic E-state index is 0.0505. The Balaban J connectivity index is 2.12. The number of nitrogens with two attached hydrogens (primary N) is 1. The van der Waals surface area contributed by atoms with Crippen LogP contribution in [0, 0.1) is 0 Å². The topological polar surface area (TPSA) is 108 Å². The zero-order valence-corrected chi connectivity index (χ0v) is 15.0. The van der Waals surface area contributed by atoms with Crippen LogP contribution in [0.25, 0.3) is 5.57 Å². The Morgan fingerprint density at radius 1 is 1.12 bits per heavy atom. The second-order valence-corrected chi connectivity index (χ2v) is 7.05. The maximum Gasteiger partial charge on any atom is 0.220 e. The summed E-state index contributed by atoms with van der Waals surface area (Å²) in [5, 5.41) is 7.99. The van der Waals surface area contributed by atoms with E-state index in [9.17, 15) is 4.79 Å². The Hall–Kier alpha value is -1.38. The predicted molar refractivity (Wildman–Crippen MR) is 101 cm³/mol. The quantitative estimate of drug-likeness (QED) is 0.392. The Morgan fingerprint density at radius 3 is 2.46 bits per heavy atom. The summed E-state index contributed by atoms with van der Waals surface area (Å²) >= 11 is 0. The first-order chi connectivity index (χ1) is 11.4. The van der Waals surface area contributed by atoms with Crippen molar-refractivity contribution in [2.24, 2.45) is 5.14 Å². The van der Waals surface area contributed by atoms with Gasteiger partial charge in [0.2, 0.25) is 5.91 Å². The molecule has 0 fully saturated rings. The lowest BCUT2D eigenvalue weighted by Crippen LogP contribution is -2.27. The summed E-state index contributed by atoms with van der Waals surface area (Å²) in [5.74, 6) is 0.0505. The molecule has 0 aliphatic rings. The SMILES string of the molecule is C/C=C(/CCNC(=O)CCCCCNS(N)(O)O)c1ccccc1. The normalized spacial score (nSPS) is 12.9. The molecular weight excluding hydrogens is 326 g/mol. The minimum Gasteiger partial charge on any atom is -0.356 e. The van der Waals surface area contributed by atoms with E-state index in [-0.39, 0.29) is 5.91 Å². The number of benzene rings is 1. The number of carbonyl (C=O) groups is 1. The first kappa shape index (κ1) is 20.7. The van der Waals surface area contributed by atoms with E-state index in [0.29, 0.717) is 19.5 Å². The van der Waals surface area contributed by atoms with E-state index in [2.05, 4.69) is 28.2 Å². The Bertz CT molecular complexity index is 516. The molecule has 0 radical (unpaired) electrons.